The SMILES string of the molecule is NN1Cc2c(cc(CN3CCC(F)CC3)cc2C(F)(F)F)C1=O. The molecule has 126 valence electrons. The van der Waals surface area contributed by atoms with Gasteiger partial charge in [0.05, 0.1) is 12.1 Å². The number of nitrogens with two attached hydrogens (primary N) is 1. The number of carbonyl (C=O) groups is 1. The van der Waals surface area contributed by atoms with Crippen LogP contribution in [0.25, 0.3) is 0 Å². The normalized spacial score (nSPS) is 20.2. The van der Waals surface area contributed by atoms with E-state index < -0.39 is 23.8 Å². The molecule has 1 aromatic carbocycles. The van der Waals surface area contributed by atoms with Gasteiger partial charge in [-0.3, -0.25) is 14.7 Å². The van der Waals surface area contributed by atoms with Crippen LogP contribution in [0.15, 0.2) is 12.1 Å². The maximum Gasteiger partial charge on any atom is 0.416 e. The topological polar surface area (TPSA) is 49.6 Å². The number of hydrazine groups is 1. The highest BCUT2D eigenvalue weighted by Gasteiger charge is 2.39. The molecule has 8 heteroatoms. The van der Waals surface area contributed by atoms with Crippen molar-refractivity contribution in [1.82, 2.24) is 9.91 Å². The summed E-state index contributed by atoms with van der Waals surface area (Å²) in [5, 5.41) is 0.790. The quantitative estimate of drug-likeness (QED) is 0.515. The summed E-state index contributed by atoms with van der Waals surface area (Å²) in [4.78, 5) is 13.8. The third-order valence-electron chi connectivity index (χ3n) is 4.36. The van der Waals surface area contributed by atoms with Crippen LogP contribution >= 0.6 is 0 Å². The molecule has 4 nitrogen and oxygen atoms in total. The van der Waals surface area contributed by atoms with Crippen molar-refractivity contribution >= 4 is 5.91 Å². The van der Waals surface area contributed by atoms with Gasteiger partial charge in [-0.2, -0.15) is 13.2 Å². The minimum Gasteiger partial charge on any atom is -0.299 e. The van der Waals surface area contributed by atoms with E-state index in [-0.39, 0.29) is 24.2 Å². The van der Waals surface area contributed by atoms with E-state index >= 15 is 0 Å². The Kier molecular flexibility index (Phi) is 4.05. The Hall–Kier alpha value is -1.67. The second-order valence-corrected chi connectivity index (χ2v) is 6.05. The molecule has 0 spiro atoms. The van der Waals surface area contributed by atoms with E-state index in [9.17, 15) is 22.4 Å². The number of benzene rings is 1. The van der Waals surface area contributed by atoms with Gasteiger partial charge < -0.3 is 0 Å². The second-order valence-electron chi connectivity index (χ2n) is 6.05. The van der Waals surface area contributed by atoms with Crippen molar-refractivity contribution in [3.63, 3.8) is 0 Å². The predicted octanol–water partition coefficient (Wildman–Crippen LogP) is 2.47. The van der Waals surface area contributed by atoms with Crippen molar-refractivity contribution < 1.29 is 22.4 Å². The number of hydrogen-bond acceptors (Lipinski definition) is 3. The first-order valence-corrected chi connectivity index (χ1v) is 7.41. The van der Waals surface area contributed by atoms with E-state index in [1.165, 1.54) is 6.07 Å². The van der Waals surface area contributed by atoms with Crippen molar-refractivity contribution in [3.8, 4) is 0 Å². The Labute approximate surface area is 130 Å². The number of rotatable bonds is 2. The van der Waals surface area contributed by atoms with Gasteiger partial charge in [0.2, 0.25) is 0 Å². The number of likely N-dealkylation sites (tertiary alicyclic amines) is 1. The molecule has 2 N–H and O–H groups in total. The molecule has 2 aliphatic rings. The fourth-order valence-corrected chi connectivity index (χ4v) is 3.15. The van der Waals surface area contributed by atoms with E-state index in [1.54, 1.807) is 0 Å². The van der Waals surface area contributed by atoms with Crippen LogP contribution in [-0.2, 0) is 19.3 Å². The summed E-state index contributed by atoms with van der Waals surface area (Å²) in [7, 11) is 0. The second kappa shape index (κ2) is 5.76. The van der Waals surface area contributed by atoms with Crippen molar-refractivity contribution in [2.75, 3.05) is 13.1 Å². The van der Waals surface area contributed by atoms with Crippen molar-refractivity contribution in [2.45, 2.75) is 38.3 Å². The number of hydrogen-bond donors (Lipinski definition) is 1. The molecule has 1 saturated heterocycles. The molecule has 2 aliphatic heterocycles. The Bertz CT molecular complexity index is 624. The highest BCUT2D eigenvalue weighted by molar-refractivity contribution is 5.98. The molecular weight excluding hydrogens is 314 g/mol. The molecule has 0 unspecified atom stereocenters. The average molecular weight is 331 g/mol. The molecule has 3 rings (SSSR count). The van der Waals surface area contributed by atoms with E-state index in [1.807, 2.05) is 4.90 Å². The van der Waals surface area contributed by atoms with E-state index in [0.29, 0.717) is 31.5 Å². The molecule has 1 aromatic rings. The molecule has 0 saturated carbocycles. The Balaban J connectivity index is 1.92. The van der Waals surface area contributed by atoms with Gasteiger partial charge >= 0.3 is 6.18 Å². The van der Waals surface area contributed by atoms with Gasteiger partial charge in [-0.05, 0) is 36.1 Å². The lowest BCUT2D eigenvalue weighted by atomic mass is 9.98. The number of piperidine rings is 1. The number of amides is 1. The number of nitrogens with zero attached hydrogens (tertiary/aromatic N) is 2. The smallest absolute Gasteiger partial charge is 0.299 e. The van der Waals surface area contributed by atoms with Crippen LogP contribution in [0, 0.1) is 0 Å². The molecule has 0 aromatic heterocycles. The molecule has 1 amide bonds. The third-order valence-corrected chi connectivity index (χ3v) is 4.36. The lowest BCUT2D eigenvalue weighted by Gasteiger charge is -2.28. The summed E-state index contributed by atoms with van der Waals surface area (Å²) in [6, 6.07) is 2.55. The van der Waals surface area contributed by atoms with Crippen molar-refractivity contribution in [1.29, 1.82) is 0 Å². The predicted molar refractivity (Wildman–Crippen MR) is 74.9 cm³/mol. The first kappa shape index (κ1) is 16.2. The number of fused-ring (bicyclic) bond motifs is 1. The van der Waals surface area contributed by atoms with Gasteiger partial charge in [-0.15, -0.1) is 0 Å². The van der Waals surface area contributed by atoms with Crippen LogP contribution in [0.2, 0.25) is 0 Å². The maximum absolute atomic E-state index is 13.3. The van der Waals surface area contributed by atoms with Crippen LogP contribution in [0.5, 0.6) is 0 Å². The zero-order valence-electron chi connectivity index (χ0n) is 12.4. The van der Waals surface area contributed by atoms with Crippen LogP contribution in [0.1, 0.15) is 39.9 Å². The van der Waals surface area contributed by atoms with Gasteiger partial charge in [-0.1, -0.05) is 0 Å². The molecule has 0 atom stereocenters. The maximum atomic E-state index is 13.3. The Morgan fingerprint density at radius 2 is 1.87 bits per heavy atom. The summed E-state index contributed by atoms with van der Waals surface area (Å²) in [6.45, 7) is 1.02. The molecule has 2 heterocycles. The molecular formula is C15H17F4N3O. The molecule has 0 aliphatic carbocycles. The van der Waals surface area contributed by atoms with Gasteiger partial charge in [0, 0.05) is 25.2 Å². The summed E-state index contributed by atoms with van der Waals surface area (Å²) in [5.41, 5.74) is -0.474. The molecule has 1 fully saturated rings. The highest BCUT2D eigenvalue weighted by atomic mass is 19.4. The minimum atomic E-state index is -4.54. The zero-order valence-corrected chi connectivity index (χ0v) is 12.4. The number of halogens is 4. The van der Waals surface area contributed by atoms with E-state index in [2.05, 4.69) is 0 Å². The highest BCUT2D eigenvalue weighted by Crippen LogP contribution is 2.37. The Morgan fingerprint density at radius 1 is 1.22 bits per heavy atom. The van der Waals surface area contributed by atoms with Crippen molar-refractivity contribution in [3.05, 3.63) is 34.4 Å². The number of alkyl halides is 4. The van der Waals surface area contributed by atoms with Crippen LogP contribution in [0.3, 0.4) is 0 Å². The van der Waals surface area contributed by atoms with Crippen LogP contribution in [-0.4, -0.2) is 35.1 Å². The summed E-state index contributed by atoms with van der Waals surface area (Å²) < 4.78 is 53.0. The molecule has 23 heavy (non-hydrogen) atoms. The lowest BCUT2D eigenvalue weighted by molar-refractivity contribution is -0.138. The lowest BCUT2D eigenvalue weighted by Crippen LogP contribution is -2.34. The summed E-state index contributed by atoms with van der Waals surface area (Å²) >= 11 is 0. The van der Waals surface area contributed by atoms with Crippen molar-refractivity contribution in [2.24, 2.45) is 5.84 Å². The molecule has 0 radical (unpaired) electrons. The van der Waals surface area contributed by atoms with Gasteiger partial charge in [-0.25, -0.2) is 10.2 Å². The third kappa shape index (κ3) is 3.18. The summed E-state index contributed by atoms with van der Waals surface area (Å²) in [6.07, 6.45) is -4.62. The van der Waals surface area contributed by atoms with E-state index in [4.69, 9.17) is 5.84 Å². The average Bonchev–Trinajstić information content (AvgIpc) is 2.75. The zero-order chi connectivity index (χ0) is 16.8. The Morgan fingerprint density at radius 3 is 2.48 bits per heavy atom. The van der Waals surface area contributed by atoms with Crippen LogP contribution < -0.4 is 5.84 Å². The fraction of sp³-hybridized carbons (Fsp3) is 0.533. The first-order valence-electron chi connectivity index (χ1n) is 7.41. The largest absolute Gasteiger partial charge is 0.416 e. The van der Waals surface area contributed by atoms with E-state index in [0.717, 1.165) is 11.1 Å². The fourth-order valence-electron chi connectivity index (χ4n) is 3.15. The van der Waals surface area contributed by atoms with Crippen LogP contribution in [0.4, 0.5) is 17.6 Å². The number of carbonyl (C=O) groups excluding carboxylic acids is 1. The minimum absolute atomic E-state index is 0.0118. The molecule has 0 bridgehead atoms. The van der Waals surface area contributed by atoms with Gasteiger partial charge in [0.15, 0.2) is 0 Å². The van der Waals surface area contributed by atoms with Gasteiger partial charge in [0.1, 0.15) is 6.17 Å². The van der Waals surface area contributed by atoms with Gasteiger partial charge in [0.25, 0.3) is 5.91 Å². The first-order chi connectivity index (χ1) is 10.8. The monoisotopic (exact) mass is 331 g/mol. The standard InChI is InChI=1S/C15H17F4N3O/c16-10-1-3-21(4-2-10)7-9-5-11-12(8-22(20)14(11)23)13(6-9)15(17,18)19/h5-6,10H,1-4,7-8,20H2. The summed E-state index contributed by atoms with van der Waals surface area (Å²) in [5.74, 6) is 4.85.